The highest BCUT2D eigenvalue weighted by Gasteiger charge is 2.16. The van der Waals surface area contributed by atoms with Crippen LogP contribution in [0.3, 0.4) is 0 Å². The van der Waals surface area contributed by atoms with Crippen LogP contribution in [0.15, 0.2) is 18.7 Å². The lowest BCUT2D eigenvalue weighted by molar-refractivity contribution is 0.174. The third-order valence-electron chi connectivity index (χ3n) is 2.34. The first-order chi connectivity index (χ1) is 7.20. The molecule has 1 aliphatic heterocycles. The highest BCUT2D eigenvalue weighted by Crippen LogP contribution is 2.35. The number of fused-ring (bicyclic) bond motifs is 1. The second-order valence-corrected chi connectivity index (χ2v) is 3.85. The summed E-state index contributed by atoms with van der Waals surface area (Å²) in [5.41, 5.74) is 2.31. The lowest BCUT2D eigenvalue weighted by Crippen LogP contribution is -2.11. The maximum Gasteiger partial charge on any atom is 0.231 e. The molecular weight excluding hydrogens is 190 g/mol. The molecule has 0 aromatic heterocycles. The monoisotopic (exact) mass is 205 g/mol. The van der Waals surface area contributed by atoms with Crippen molar-refractivity contribution >= 4 is 6.08 Å². The first-order valence-electron chi connectivity index (χ1n) is 4.90. The molecule has 0 atom stereocenters. The van der Waals surface area contributed by atoms with Gasteiger partial charge in [0.2, 0.25) is 6.79 Å². The minimum atomic E-state index is 0.317. The van der Waals surface area contributed by atoms with Crippen LogP contribution in [0.2, 0.25) is 0 Å². The molecule has 0 aliphatic carbocycles. The molecule has 0 saturated heterocycles. The number of hydrogen-bond acceptors (Lipinski definition) is 3. The fraction of sp³-hybridized carbons (Fsp3) is 0.333. The van der Waals surface area contributed by atoms with Crippen molar-refractivity contribution in [2.75, 3.05) is 20.9 Å². The van der Waals surface area contributed by atoms with E-state index in [-0.39, 0.29) is 0 Å². The molecular formula is C12H15NO2. The van der Waals surface area contributed by atoms with E-state index in [0.29, 0.717) is 6.79 Å². The summed E-state index contributed by atoms with van der Waals surface area (Å²) in [6, 6.07) is 4.01. The van der Waals surface area contributed by atoms with Crippen molar-refractivity contribution in [3.8, 4) is 11.5 Å². The van der Waals surface area contributed by atoms with Crippen molar-refractivity contribution in [3.63, 3.8) is 0 Å². The predicted molar refractivity (Wildman–Crippen MR) is 60.0 cm³/mol. The number of ether oxygens (including phenoxy) is 2. The maximum atomic E-state index is 5.35. The first-order valence-corrected chi connectivity index (χ1v) is 4.90. The zero-order valence-electron chi connectivity index (χ0n) is 9.12. The standard InChI is InChI=1S/C12H15NO2/c1-4-9-5-11-12(15-8-14-11)6-10(9)7-13(2)3/h4-6H,1,7-8H2,2-3H3. The molecule has 0 radical (unpaired) electrons. The first kappa shape index (κ1) is 10.1. The van der Waals surface area contributed by atoms with E-state index < -0.39 is 0 Å². The van der Waals surface area contributed by atoms with Crippen LogP contribution in [0.25, 0.3) is 6.08 Å². The highest BCUT2D eigenvalue weighted by molar-refractivity contribution is 5.59. The SMILES string of the molecule is C=Cc1cc2c(cc1CN(C)C)OCO2. The van der Waals surface area contributed by atoms with Crippen LogP contribution >= 0.6 is 0 Å². The van der Waals surface area contributed by atoms with E-state index in [4.69, 9.17) is 9.47 Å². The van der Waals surface area contributed by atoms with Gasteiger partial charge in [-0.25, -0.2) is 0 Å². The second kappa shape index (κ2) is 3.95. The van der Waals surface area contributed by atoms with E-state index in [1.54, 1.807) is 0 Å². The number of nitrogens with zero attached hydrogens (tertiary/aromatic N) is 1. The number of benzene rings is 1. The average Bonchev–Trinajstić information content (AvgIpc) is 2.62. The van der Waals surface area contributed by atoms with E-state index in [9.17, 15) is 0 Å². The normalized spacial score (nSPS) is 13.3. The third kappa shape index (κ3) is 1.97. The molecule has 0 amide bonds. The zero-order chi connectivity index (χ0) is 10.8. The van der Waals surface area contributed by atoms with Gasteiger partial charge in [0.25, 0.3) is 0 Å². The van der Waals surface area contributed by atoms with Crippen molar-refractivity contribution in [1.29, 1.82) is 0 Å². The summed E-state index contributed by atoms with van der Waals surface area (Å²) < 4.78 is 10.7. The molecule has 80 valence electrons. The zero-order valence-corrected chi connectivity index (χ0v) is 9.12. The van der Waals surface area contributed by atoms with Gasteiger partial charge >= 0.3 is 0 Å². The fourth-order valence-electron chi connectivity index (χ4n) is 1.67. The molecule has 1 heterocycles. The Labute approximate surface area is 89.9 Å². The van der Waals surface area contributed by atoms with E-state index >= 15 is 0 Å². The summed E-state index contributed by atoms with van der Waals surface area (Å²) in [7, 11) is 4.08. The molecule has 0 unspecified atom stereocenters. The maximum absolute atomic E-state index is 5.35. The Hall–Kier alpha value is -1.48. The Kier molecular flexibility index (Phi) is 2.64. The summed E-state index contributed by atoms with van der Waals surface area (Å²) in [5.74, 6) is 1.64. The summed E-state index contributed by atoms with van der Waals surface area (Å²) >= 11 is 0. The molecule has 0 N–H and O–H groups in total. The van der Waals surface area contributed by atoms with Crippen LogP contribution in [0.4, 0.5) is 0 Å². The smallest absolute Gasteiger partial charge is 0.231 e. The van der Waals surface area contributed by atoms with E-state index in [1.807, 2.05) is 32.3 Å². The van der Waals surface area contributed by atoms with E-state index in [2.05, 4.69) is 11.5 Å². The predicted octanol–water partition coefficient (Wildman–Crippen LogP) is 2.12. The Morgan fingerprint density at radius 1 is 1.33 bits per heavy atom. The van der Waals surface area contributed by atoms with Crippen LogP contribution < -0.4 is 9.47 Å². The molecule has 1 aromatic carbocycles. The van der Waals surface area contributed by atoms with Gasteiger partial charge < -0.3 is 14.4 Å². The Balaban J connectivity index is 2.39. The molecule has 15 heavy (non-hydrogen) atoms. The summed E-state index contributed by atoms with van der Waals surface area (Å²) in [6.07, 6.45) is 1.85. The van der Waals surface area contributed by atoms with E-state index in [0.717, 1.165) is 23.6 Å². The van der Waals surface area contributed by atoms with Gasteiger partial charge in [0.05, 0.1) is 0 Å². The van der Waals surface area contributed by atoms with Gasteiger partial charge in [-0.05, 0) is 37.4 Å². The van der Waals surface area contributed by atoms with Crippen molar-refractivity contribution in [3.05, 3.63) is 29.8 Å². The Morgan fingerprint density at radius 3 is 2.60 bits per heavy atom. The minimum Gasteiger partial charge on any atom is -0.454 e. The Bertz CT molecular complexity index is 385. The minimum absolute atomic E-state index is 0.317. The lowest BCUT2D eigenvalue weighted by Gasteiger charge is -2.13. The van der Waals surface area contributed by atoms with Crippen LogP contribution in [0, 0.1) is 0 Å². The molecule has 0 bridgehead atoms. The van der Waals surface area contributed by atoms with Gasteiger partial charge in [-0.1, -0.05) is 12.7 Å². The fourth-order valence-corrected chi connectivity index (χ4v) is 1.67. The molecule has 0 saturated carbocycles. The van der Waals surface area contributed by atoms with Gasteiger partial charge in [-0.2, -0.15) is 0 Å². The van der Waals surface area contributed by atoms with Crippen molar-refractivity contribution in [2.24, 2.45) is 0 Å². The lowest BCUT2D eigenvalue weighted by atomic mass is 10.1. The van der Waals surface area contributed by atoms with Crippen molar-refractivity contribution < 1.29 is 9.47 Å². The Morgan fingerprint density at radius 2 is 2.00 bits per heavy atom. The molecule has 1 aliphatic rings. The molecule has 0 spiro atoms. The molecule has 3 nitrogen and oxygen atoms in total. The van der Waals surface area contributed by atoms with Crippen LogP contribution in [-0.4, -0.2) is 25.8 Å². The third-order valence-corrected chi connectivity index (χ3v) is 2.34. The highest BCUT2D eigenvalue weighted by atomic mass is 16.7. The van der Waals surface area contributed by atoms with Crippen molar-refractivity contribution in [2.45, 2.75) is 6.54 Å². The number of rotatable bonds is 3. The van der Waals surface area contributed by atoms with Crippen LogP contribution in [0.5, 0.6) is 11.5 Å². The van der Waals surface area contributed by atoms with Gasteiger partial charge in [0.1, 0.15) is 0 Å². The van der Waals surface area contributed by atoms with Gasteiger partial charge in [0.15, 0.2) is 11.5 Å². The van der Waals surface area contributed by atoms with E-state index in [1.165, 1.54) is 5.56 Å². The summed E-state index contributed by atoms with van der Waals surface area (Å²) in [6.45, 7) is 5.00. The van der Waals surface area contributed by atoms with Gasteiger partial charge in [-0.15, -0.1) is 0 Å². The molecule has 2 rings (SSSR count). The summed E-state index contributed by atoms with van der Waals surface area (Å²) in [5, 5.41) is 0. The van der Waals surface area contributed by atoms with Crippen LogP contribution in [-0.2, 0) is 6.54 Å². The average molecular weight is 205 g/mol. The van der Waals surface area contributed by atoms with Gasteiger partial charge in [-0.3, -0.25) is 0 Å². The molecule has 0 fully saturated rings. The number of hydrogen-bond donors (Lipinski definition) is 0. The quantitative estimate of drug-likeness (QED) is 0.754. The summed E-state index contributed by atoms with van der Waals surface area (Å²) in [4.78, 5) is 2.12. The largest absolute Gasteiger partial charge is 0.454 e. The molecule has 1 aromatic rings. The van der Waals surface area contributed by atoms with Crippen molar-refractivity contribution in [1.82, 2.24) is 4.90 Å². The topological polar surface area (TPSA) is 21.7 Å². The van der Waals surface area contributed by atoms with Gasteiger partial charge in [0, 0.05) is 6.54 Å². The molecule has 3 heteroatoms. The second-order valence-electron chi connectivity index (χ2n) is 3.85. The van der Waals surface area contributed by atoms with Crippen LogP contribution in [0.1, 0.15) is 11.1 Å².